The molecule has 1 saturated heterocycles. The van der Waals surface area contributed by atoms with E-state index in [9.17, 15) is 35.7 Å². The van der Waals surface area contributed by atoms with E-state index in [4.69, 9.17) is 4.74 Å². The van der Waals surface area contributed by atoms with Gasteiger partial charge in [0, 0.05) is 24.1 Å². The van der Waals surface area contributed by atoms with Gasteiger partial charge in [0.25, 0.3) is 11.7 Å². The molecule has 7 N–H and O–H groups in total. The summed E-state index contributed by atoms with van der Waals surface area (Å²) in [5, 5.41) is 74.1. The van der Waals surface area contributed by atoms with Gasteiger partial charge in [-0.3, -0.25) is 0 Å². The molecule has 0 spiro atoms. The third-order valence-electron chi connectivity index (χ3n) is 5.65. The molecule has 2 aliphatic rings. The third-order valence-corrected chi connectivity index (χ3v) is 5.65. The van der Waals surface area contributed by atoms with Gasteiger partial charge in [0.1, 0.15) is 0 Å². The van der Waals surface area contributed by atoms with E-state index in [2.05, 4.69) is 0 Å². The highest BCUT2D eigenvalue weighted by molar-refractivity contribution is 5.52. The Labute approximate surface area is 156 Å². The van der Waals surface area contributed by atoms with Crippen LogP contribution in [0.1, 0.15) is 37.8 Å². The van der Waals surface area contributed by atoms with Crippen LogP contribution < -0.4 is 4.74 Å². The lowest BCUT2D eigenvalue weighted by Gasteiger charge is -2.59. The third kappa shape index (κ3) is 2.82. The number of rotatable bonds is 3. The second-order valence-corrected chi connectivity index (χ2v) is 7.97. The Bertz CT molecular complexity index is 734. The largest absolute Gasteiger partial charge is 0.504 e. The lowest BCUT2D eigenvalue weighted by Crippen LogP contribution is -2.75. The van der Waals surface area contributed by atoms with E-state index < -0.39 is 40.8 Å². The molecular weight excluding hydrogens is 358 g/mol. The minimum absolute atomic E-state index is 0.0416. The lowest BCUT2D eigenvalue weighted by atomic mass is 9.74. The number of hydrogen-bond donors (Lipinski definition) is 7. The van der Waals surface area contributed by atoms with Crippen LogP contribution >= 0.6 is 0 Å². The zero-order valence-corrected chi connectivity index (χ0v) is 15.5. The minimum atomic E-state index is -3.26. The van der Waals surface area contributed by atoms with Crippen molar-refractivity contribution in [1.82, 2.24) is 4.90 Å². The van der Waals surface area contributed by atoms with Crippen molar-refractivity contribution in [3.8, 4) is 11.5 Å². The number of aliphatic hydroxyl groups excluding tert-OH is 1. The van der Waals surface area contributed by atoms with Gasteiger partial charge in [-0.25, -0.2) is 4.90 Å². The fraction of sp³-hybridized carbons (Fsp3) is 0.667. The van der Waals surface area contributed by atoms with Crippen LogP contribution in [0.2, 0.25) is 0 Å². The number of fused-ring (bicyclic) bond motifs is 3. The molecule has 1 fully saturated rings. The number of benzene rings is 1. The van der Waals surface area contributed by atoms with Gasteiger partial charge in [-0.1, -0.05) is 13.8 Å². The number of aliphatic hydroxyl groups is 6. The number of ether oxygens (including phenoxy) is 1. The predicted octanol–water partition coefficient (Wildman–Crippen LogP) is -0.936. The zero-order chi connectivity index (χ0) is 20.4. The number of aromatic hydroxyl groups is 1. The van der Waals surface area contributed by atoms with Gasteiger partial charge in [0.2, 0.25) is 0 Å². The molecule has 1 aromatic rings. The number of hydrogen-bond acceptors (Lipinski definition) is 9. The summed E-state index contributed by atoms with van der Waals surface area (Å²) in [5.74, 6) is -7.19. The molecule has 0 radical (unpaired) electrons. The topological polar surface area (TPSA) is 154 Å². The van der Waals surface area contributed by atoms with Gasteiger partial charge < -0.3 is 40.5 Å². The highest BCUT2D eigenvalue weighted by Gasteiger charge is 2.67. The first-order chi connectivity index (χ1) is 12.4. The SMILES string of the molecule is COc1cc2c(cc1O)C(O)(O)C(O)(O)N1CC(CC(C)C)C(O)CC21O. The molecule has 9 heteroatoms. The van der Waals surface area contributed by atoms with Crippen molar-refractivity contribution in [2.24, 2.45) is 11.8 Å². The Kier molecular flexibility index (Phi) is 4.72. The Morgan fingerprint density at radius 1 is 1.15 bits per heavy atom. The summed E-state index contributed by atoms with van der Waals surface area (Å²) in [5.41, 5.74) is -2.69. The molecule has 0 saturated carbocycles. The molecular formula is C18H27NO8. The molecule has 152 valence electrons. The quantitative estimate of drug-likeness (QED) is 0.327. The van der Waals surface area contributed by atoms with Crippen molar-refractivity contribution in [3.63, 3.8) is 0 Å². The van der Waals surface area contributed by atoms with Gasteiger partial charge in [0.15, 0.2) is 17.2 Å². The molecule has 0 aromatic heterocycles. The maximum atomic E-state index is 11.3. The summed E-state index contributed by atoms with van der Waals surface area (Å²) in [4.78, 5) is 0.776. The van der Waals surface area contributed by atoms with Gasteiger partial charge in [0.05, 0.1) is 13.2 Å². The molecule has 2 aliphatic heterocycles. The van der Waals surface area contributed by atoms with Crippen molar-refractivity contribution < 1.29 is 40.5 Å². The fourth-order valence-electron chi connectivity index (χ4n) is 4.27. The molecule has 1 aromatic carbocycles. The summed E-state index contributed by atoms with van der Waals surface area (Å²) < 4.78 is 5.03. The monoisotopic (exact) mass is 385 g/mol. The van der Waals surface area contributed by atoms with Crippen LogP contribution in [0.15, 0.2) is 12.1 Å². The molecule has 0 aliphatic carbocycles. The molecule has 3 atom stereocenters. The van der Waals surface area contributed by atoms with Crippen molar-refractivity contribution in [1.29, 1.82) is 0 Å². The summed E-state index contributed by atoms with van der Waals surface area (Å²) in [7, 11) is 1.29. The van der Waals surface area contributed by atoms with E-state index in [-0.39, 0.29) is 30.2 Å². The Morgan fingerprint density at radius 3 is 2.33 bits per heavy atom. The van der Waals surface area contributed by atoms with Crippen molar-refractivity contribution in [2.45, 2.75) is 50.2 Å². The lowest BCUT2D eigenvalue weighted by molar-refractivity contribution is -0.468. The van der Waals surface area contributed by atoms with Gasteiger partial charge in [-0.2, -0.15) is 0 Å². The maximum absolute atomic E-state index is 11.3. The van der Waals surface area contributed by atoms with Crippen LogP contribution in [-0.2, 0) is 11.5 Å². The molecule has 2 heterocycles. The van der Waals surface area contributed by atoms with Crippen molar-refractivity contribution >= 4 is 0 Å². The van der Waals surface area contributed by atoms with E-state index in [1.165, 1.54) is 13.2 Å². The number of phenols is 1. The molecule has 0 bridgehead atoms. The van der Waals surface area contributed by atoms with Gasteiger partial charge >= 0.3 is 0 Å². The average Bonchev–Trinajstić information content (AvgIpc) is 2.55. The number of piperidine rings is 1. The highest BCUT2D eigenvalue weighted by atomic mass is 16.6. The maximum Gasteiger partial charge on any atom is 0.289 e. The van der Waals surface area contributed by atoms with E-state index >= 15 is 0 Å². The molecule has 27 heavy (non-hydrogen) atoms. The average molecular weight is 385 g/mol. The normalized spacial score (nSPS) is 32.1. The van der Waals surface area contributed by atoms with E-state index in [1.807, 2.05) is 13.8 Å². The Hall–Kier alpha value is -1.46. The summed E-state index contributed by atoms with van der Waals surface area (Å²) in [6.45, 7) is 3.70. The van der Waals surface area contributed by atoms with E-state index in [0.29, 0.717) is 6.42 Å². The predicted molar refractivity (Wildman–Crippen MR) is 92.1 cm³/mol. The first-order valence-corrected chi connectivity index (χ1v) is 8.85. The molecule has 9 nitrogen and oxygen atoms in total. The van der Waals surface area contributed by atoms with Crippen molar-refractivity contribution in [3.05, 3.63) is 23.3 Å². The first kappa shape index (κ1) is 20.3. The number of nitrogens with zero attached hydrogens (tertiary/aromatic N) is 1. The Balaban J connectivity index is 2.20. The Morgan fingerprint density at radius 2 is 1.78 bits per heavy atom. The molecule has 3 unspecified atom stereocenters. The van der Waals surface area contributed by atoms with Crippen LogP contribution in [0.3, 0.4) is 0 Å². The summed E-state index contributed by atoms with van der Waals surface area (Å²) in [6, 6.07) is 2.10. The van der Waals surface area contributed by atoms with Crippen LogP contribution in [-0.4, -0.2) is 66.3 Å². The number of methoxy groups -OCH3 is 1. The second-order valence-electron chi connectivity index (χ2n) is 7.97. The number of phenolic OH excluding ortho intramolecular Hbond substituents is 1. The van der Waals surface area contributed by atoms with Crippen molar-refractivity contribution in [2.75, 3.05) is 13.7 Å². The molecule has 3 rings (SSSR count). The van der Waals surface area contributed by atoms with Crippen LogP contribution in [0, 0.1) is 11.8 Å². The van der Waals surface area contributed by atoms with Crippen LogP contribution in [0.5, 0.6) is 11.5 Å². The highest BCUT2D eigenvalue weighted by Crippen LogP contribution is 2.54. The summed E-state index contributed by atoms with van der Waals surface area (Å²) in [6.07, 6.45) is -0.703. The van der Waals surface area contributed by atoms with Gasteiger partial charge in [-0.05, 0) is 30.4 Å². The van der Waals surface area contributed by atoms with Gasteiger partial charge in [-0.15, -0.1) is 0 Å². The summed E-state index contributed by atoms with van der Waals surface area (Å²) >= 11 is 0. The first-order valence-electron chi connectivity index (χ1n) is 8.85. The second kappa shape index (κ2) is 6.28. The van der Waals surface area contributed by atoms with E-state index in [0.717, 1.165) is 11.0 Å². The zero-order valence-electron chi connectivity index (χ0n) is 15.5. The smallest absolute Gasteiger partial charge is 0.289 e. The fourth-order valence-corrected chi connectivity index (χ4v) is 4.27. The van der Waals surface area contributed by atoms with Crippen LogP contribution in [0.4, 0.5) is 0 Å². The standard InChI is InChI=1S/C18H27NO8/c1-9(2)4-10-8-19-16(22,7-14(10)21)11-6-15(27-3)13(20)5-12(11)17(23,24)18(19,25)26/h5-6,9-10,14,20-26H,4,7-8H2,1-3H3. The van der Waals surface area contributed by atoms with E-state index in [1.54, 1.807) is 0 Å². The molecule has 0 amide bonds. The minimum Gasteiger partial charge on any atom is -0.504 e. The van der Waals surface area contributed by atoms with Crippen LogP contribution in [0.25, 0.3) is 0 Å².